The third-order valence-electron chi connectivity index (χ3n) is 4.26. The predicted molar refractivity (Wildman–Crippen MR) is 103 cm³/mol. The normalized spacial score (nSPS) is 13.1. The number of rotatable bonds is 6. The number of aromatic nitrogens is 1. The lowest BCUT2D eigenvalue weighted by Gasteiger charge is -2.12. The number of hydrogen-bond acceptors (Lipinski definition) is 5. The van der Waals surface area contributed by atoms with Crippen molar-refractivity contribution in [2.45, 2.75) is 13.0 Å². The lowest BCUT2D eigenvalue weighted by atomic mass is 10.1. The van der Waals surface area contributed by atoms with Crippen molar-refractivity contribution in [3.8, 4) is 5.75 Å². The molecule has 7 heteroatoms. The highest BCUT2D eigenvalue weighted by atomic mass is 35.5. The first-order chi connectivity index (χ1) is 13.1. The van der Waals surface area contributed by atoms with E-state index in [1.165, 1.54) is 16.2 Å². The molecule has 1 aromatic heterocycles. The highest BCUT2D eigenvalue weighted by Gasteiger charge is 2.34. The first kappa shape index (κ1) is 17.7. The van der Waals surface area contributed by atoms with Gasteiger partial charge in [-0.25, -0.2) is 4.98 Å². The van der Waals surface area contributed by atoms with Gasteiger partial charge in [0.15, 0.2) is 0 Å². The van der Waals surface area contributed by atoms with Crippen LogP contribution in [0, 0.1) is 0 Å². The average molecular weight is 399 g/mol. The standard InChI is InChI=1S/C20H15ClN2O3S/c21-16-7-3-4-8-17(16)26-11-18-22-13(12-27-18)9-10-23-19(24)14-5-1-2-6-15(14)20(23)25/h1-8,12H,9-11H2. The summed E-state index contributed by atoms with van der Waals surface area (Å²) in [6.45, 7) is 0.627. The number of carbonyl (C=O) groups excluding carboxylic acids is 2. The van der Waals surface area contributed by atoms with Crippen molar-refractivity contribution in [2.24, 2.45) is 0 Å². The molecule has 0 N–H and O–H groups in total. The molecule has 5 nitrogen and oxygen atoms in total. The molecule has 0 bridgehead atoms. The van der Waals surface area contributed by atoms with Gasteiger partial charge >= 0.3 is 0 Å². The lowest BCUT2D eigenvalue weighted by Crippen LogP contribution is -2.31. The molecule has 2 aromatic carbocycles. The maximum Gasteiger partial charge on any atom is 0.261 e. The summed E-state index contributed by atoms with van der Waals surface area (Å²) in [5.41, 5.74) is 1.76. The summed E-state index contributed by atoms with van der Waals surface area (Å²) in [6, 6.07) is 14.2. The summed E-state index contributed by atoms with van der Waals surface area (Å²) in [5.74, 6) is 0.128. The maximum absolute atomic E-state index is 12.4. The molecule has 1 aliphatic heterocycles. The zero-order valence-electron chi connectivity index (χ0n) is 14.2. The maximum atomic E-state index is 12.4. The van der Waals surface area contributed by atoms with E-state index < -0.39 is 0 Å². The molecule has 0 radical (unpaired) electrons. The molecule has 3 aromatic rings. The van der Waals surface area contributed by atoms with Gasteiger partial charge in [-0.1, -0.05) is 35.9 Å². The highest BCUT2D eigenvalue weighted by molar-refractivity contribution is 7.09. The van der Waals surface area contributed by atoms with Gasteiger partial charge in [0, 0.05) is 18.3 Å². The predicted octanol–water partition coefficient (Wildman–Crippen LogP) is 4.21. The van der Waals surface area contributed by atoms with Crippen molar-refractivity contribution < 1.29 is 14.3 Å². The Morgan fingerprint density at radius 1 is 1.00 bits per heavy atom. The molecule has 2 heterocycles. The summed E-state index contributed by atoms with van der Waals surface area (Å²) in [6.07, 6.45) is 0.508. The average Bonchev–Trinajstić information content (AvgIpc) is 3.23. The van der Waals surface area contributed by atoms with Crippen molar-refractivity contribution in [1.29, 1.82) is 0 Å². The number of imide groups is 1. The molecular weight excluding hydrogens is 384 g/mol. The Balaban J connectivity index is 1.36. The second kappa shape index (κ2) is 7.50. The molecule has 0 atom stereocenters. The summed E-state index contributed by atoms with van der Waals surface area (Å²) in [4.78, 5) is 30.6. The topological polar surface area (TPSA) is 59.5 Å². The van der Waals surface area contributed by atoms with Crippen LogP contribution in [0.25, 0.3) is 0 Å². The Bertz CT molecular complexity index is 983. The van der Waals surface area contributed by atoms with Gasteiger partial charge in [-0.3, -0.25) is 14.5 Å². The van der Waals surface area contributed by atoms with Crippen LogP contribution in [-0.2, 0) is 13.0 Å². The smallest absolute Gasteiger partial charge is 0.261 e. The monoisotopic (exact) mass is 398 g/mol. The number of amides is 2. The molecule has 0 saturated carbocycles. The molecule has 0 fully saturated rings. The first-order valence-electron chi connectivity index (χ1n) is 8.39. The summed E-state index contributed by atoms with van der Waals surface area (Å²) < 4.78 is 5.69. The number of thiazole rings is 1. The van der Waals surface area contributed by atoms with Crippen LogP contribution in [0.3, 0.4) is 0 Å². The zero-order chi connectivity index (χ0) is 18.8. The molecule has 136 valence electrons. The first-order valence-corrected chi connectivity index (χ1v) is 9.65. The number of ether oxygens (including phenoxy) is 1. The van der Waals surface area contributed by atoms with Crippen LogP contribution in [0.1, 0.15) is 31.4 Å². The number of nitrogens with zero attached hydrogens (tertiary/aromatic N) is 2. The van der Waals surface area contributed by atoms with Crippen LogP contribution in [0.5, 0.6) is 5.75 Å². The van der Waals surface area contributed by atoms with Crippen molar-refractivity contribution in [1.82, 2.24) is 9.88 Å². The molecule has 4 rings (SSSR count). The zero-order valence-corrected chi connectivity index (χ0v) is 15.8. The van der Waals surface area contributed by atoms with E-state index in [4.69, 9.17) is 16.3 Å². The van der Waals surface area contributed by atoms with Gasteiger partial charge in [0.25, 0.3) is 11.8 Å². The third kappa shape index (κ3) is 3.59. The van der Waals surface area contributed by atoms with E-state index in [0.29, 0.717) is 41.5 Å². The van der Waals surface area contributed by atoms with Crippen molar-refractivity contribution in [2.75, 3.05) is 6.54 Å². The van der Waals surface area contributed by atoms with E-state index in [1.54, 1.807) is 36.4 Å². The Hall–Kier alpha value is -2.70. The second-order valence-corrected chi connectivity index (χ2v) is 7.36. The van der Waals surface area contributed by atoms with Crippen LogP contribution in [0.15, 0.2) is 53.9 Å². The third-order valence-corrected chi connectivity index (χ3v) is 5.44. The molecule has 1 aliphatic rings. The summed E-state index contributed by atoms with van der Waals surface area (Å²) in [7, 11) is 0. The van der Waals surface area contributed by atoms with Crippen molar-refractivity contribution >= 4 is 34.8 Å². The second-order valence-electron chi connectivity index (χ2n) is 6.01. The quantitative estimate of drug-likeness (QED) is 0.583. The minimum atomic E-state index is -0.242. The SMILES string of the molecule is O=C1c2ccccc2C(=O)N1CCc1csc(COc2ccccc2Cl)n1. The van der Waals surface area contributed by atoms with Crippen molar-refractivity contribution in [3.63, 3.8) is 0 Å². The molecule has 0 aliphatic carbocycles. The van der Waals surface area contributed by atoms with Crippen LogP contribution < -0.4 is 4.74 Å². The molecule has 0 unspecified atom stereocenters. The van der Waals surface area contributed by atoms with Crippen LogP contribution >= 0.6 is 22.9 Å². The van der Waals surface area contributed by atoms with E-state index in [0.717, 1.165) is 10.7 Å². The fourth-order valence-corrected chi connectivity index (χ4v) is 3.83. The van der Waals surface area contributed by atoms with Crippen LogP contribution in [-0.4, -0.2) is 28.2 Å². The van der Waals surface area contributed by atoms with E-state index >= 15 is 0 Å². The minimum Gasteiger partial charge on any atom is -0.485 e. The Morgan fingerprint density at radius 2 is 1.67 bits per heavy atom. The number of para-hydroxylation sites is 1. The number of hydrogen-bond donors (Lipinski definition) is 0. The fourth-order valence-electron chi connectivity index (χ4n) is 2.90. The largest absolute Gasteiger partial charge is 0.485 e. The Labute approximate surface area is 165 Å². The molecule has 2 amide bonds. The van der Waals surface area contributed by atoms with E-state index in [2.05, 4.69) is 4.98 Å². The van der Waals surface area contributed by atoms with Gasteiger partial charge < -0.3 is 4.74 Å². The van der Waals surface area contributed by atoms with E-state index in [9.17, 15) is 9.59 Å². The van der Waals surface area contributed by atoms with Gasteiger partial charge in [0.2, 0.25) is 0 Å². The summed E-state index contributed by atoms with van der Waals surface area (Å²) in [5, 5.41) is 3.29. The minimum absolute atomic E-state index is 0.242. The fraction of sp³-hybridized carbons (Fsp3) is 0.150. The van der Waals surface area contributed by atoms with Gasteiger partial charge in [0.05, 0.1) is 21.8 Å². The van der Waals surface area contributed by atoms with Gasteiger partial charge in [0.1, 0.15) is 17.4 Å². The van der Waals surface area contributed by atoms with Crippen LogP contribution in [0.4, 0.5) is 0 Å². The van der Waals surface area contributed by atoms with E-state index in [-0.39, 0.29) is 11.8 Å². The Kier molecular flexibility index (Phi) is 4.92. The highest BCUT2D eigenvalue weighted by Crippen LogP contribution is 2.25. The molecule has 0 saturated heterocycles. The lowest BCUT2D eigenvalue weighted by molar-refractivity contribution is 0.0656. The van der Waals surface area contributed by atoms with Gasteiger partial charge in [-0.15, -0.1) is 11.3 Å². The molecule has 0 spiro atoms. The number of carbonyl (C=O) groups is 2. The molecule has 27 heavy (non-hydrogen) atoms. The van der Waals surface area contributed by atoms with Crippen LogP contribution in [0.2, 0.25) is 5.02 Å². The Morgan fingerprint density at radius 3 is 2.37 bits per heavy atom. The number of benzene rings is 2. The van der Waals surface area contributed by atoms with Gasteiger partial charge in [-0.05, 0) is 24.3 Å². The van der Waals surface area contributed by atoms with E-state index in [1.807, 2.05) is 17.5 Å². The number of halogens is 1. The molecular formula is C20H15ClN2O3S. The van der Waals surface area contributed by atoms with Gasteiger partial charge in [-0.2, -0.15) is 0 Å². The summed E-state index contributed by atoms with van der Waals surface area (Å²) >= 11 is 7.55. The number of fused-ring (bicyclic) bond motifs is 1. The van der Waals surface area contributed by atoms with Crippen molar-refractivity contribution in [3.05, 3.63) is 80.8 Å².